The number of unbranched alkanes of at least 4 members (excludes halogenated alkanes) is 4. The molecule has 25 heavy (non-hydrogen) atoms. The van der Waals surface area contributed by atoms with Gasteiger partial charge in [0.25, 0.3) is 0 Å². The molecule has 8 nitrogen and oxygen atoms in total. The molecule has 1 aromatic carbocycles. The molecule has 0 fully saturated rings. The van der Waals surface area contributed by atoms with E-state index in [4.69, 9.17) is 14.9 Å². The molecule has 142 valence electrons. The van der Waals surface area contributed by atoms with Crippen LogP contribution in [0.25, 0.3) is 0 Å². The molecule has 0 unspecified atom stereocenters. The minimum atomic E-state index is -4.71. The zero-order chi connectivity index (χ0) is 19.3. The van der Waals surface area contributed by atoms with Gasteiger partial charge in [0.2, 0.25) is 0 Å². The van der Waals surface area contributed by atoms with Gasteiger partial charge in [0.1, 0.15) is 0 Å². The number of aromatic carboxylic acids is 1. The van der Waals surface area contributed by atoms with Crippen molar-refractivity contribution in [2.75, 3.05) is 0 Å². The van der Waals surface area contributed by atoms with Gasteiger partial charge < -0.3 is 14.9 Å². The van der Waals surface area contributed by atoms with E-state index in [0.29, 0.717) is 12.0 Å². The molecule has 0 atom stereocenters. The maximum absolute atomic E-state index is 10.8. The van der Waals surface area contributed by atoms with Crippen molar-refractivity contribution in [1.29, 1.82) is 0 Å². The van der Waals surface area contributed by atoms with Crippen LogP contribution in [-0.2, 0) is 18.9 Å². The van der Waals surface area contributed by atoms with Crippen molar-refractivity contribution in [3.63, 3.8) is 0 Å². The highest BCUT2D eigenvalue weighted by Crippen LogP contribution is 2.36. The van der Waals surface area contributed by atoms with Gasteiger partial charge in [0.15, 0.2) is 0 Å². The largest absolute Gasteiger partial charge is 0.505 e. The number of benzene rings is 1. The lowest BCUT2D eigenvalue weighted by molar-refractivity contribution is -0.222. The van der Waals surface area contributed by atoms with Crippen molar-refractivity contribution in [1.82, 2.24) is 0 Å². The summed E-state index contributed by atoms with van der Waals surface area (Å²) in [6, 6.07) is 6.75. The molecule has 0 aliphatic heterocycles. The molecular formula is C16H25O8P. The van der Waals surface area contributed by atoms with Crippen LogP contribution >= 0.6 is 7.82 Å². The summed E-state index contributed by atoms with van der Waals surface area (Å²) in [5, 5.41) is 8.48. The average molecular weight is 376 g/mol. The summed E-state index contributed by atoms with van der Waals surface area (Å²) in [5.41, 5.74) is 1.41. The third-order valence-corrected chi connectivity index (χ3v) is 3.28. The Morgan fingerprint density at radius 1 is 1.04 bits per heavy atom. The van der Waals surface area contributed by atoms with Crippen LogP contribution in [0.2, 0.25) is 0 Å². The minimum Gasteiger partial charge on any atom is -0.478 e. The molecule has 0 amide bonds. The fraction of sp³-hybridized carbons (Fsp3) is 0.500. The summed E-state index contributed by atoms with van der Waals surface area (Å²) in [7, 11) is -4.71. The number of aryl methyl sites for hydroxylation is 1. The topological polar surface area (TPSA) is 130 Å². The van der Waals surface area contributed by atoms with E-state index in [1.807, 2.05) is 6.92 Å². The third-order valence-electron chi connectivity index (χ3n) is 3.01. The predicted octanol–water partition coefficient (Wildman–Crippen LogP) is 3.61. The Morgan fingerprint density at radius 2 is 1.60 bits per heavy atom. The number of carbonyl (C=O) groups excluding carboxylic acids is 1. The lowest BCUT2D eigenvalue weighted by atomic mass is 10.1. The molecule has 3 N–H and O–H groups in total. The summed E-state index contributed by atoms with van der Waals surface area (Å²) in [6.45, 7) is 4.01. The first-order valence-electron chi connectivity index (χ1n) is 7.90. The number of phosphoric acid groups is 1. The van der Waals surface area contributed by atoms with Crippen LogP contribution in [0.15, 0.2) is 24.3 Å². The van der Waals surface area contributed by atoms with Crippen LogP contribution in [0.1, 0.15) is 61.4 Å². The zero-order valence-corrected chi connectivity index (χ0v) is 15.3. The Balaban J connectivity index is 0.000000496. The molecule has 0 radical (unpaired) electrons. The van der Waals surface area contributed by atoms with Gasteiger partial charge in [-0.25, -0.2) is 14.2 Å². The maximum Gasteiger partial charge on any atom is 0.505 e. The van der Waals surface area contributed by atoms with E-state index < -0.39 is 19.8 Å². The van der Waals surface area contributed by atoms with E-state index in [9.17, 15) is 14.2 Å². The van der Waals surface area contributed by atoms with E-state index in [2.05, 4.69) is 16.5 Å². The average Bonchev–Trinajstić information content (AvgIpc) is 2.53. The Labute approximate surface area is 146 Å². The van der Waals surface area contributed by atoms with Crippen molar-refractivity contribution in [2.24, 2.45) is 0 Å². The molecule has 0 bridgehead atoms. The third kappa shape index (κ3) is 14.3. The van der Waals surface area contributed by atoms with Gasteiger partial charge in [-0.15, -0.1) is 0 Å². The first-order valence-corrected chi connectivity index (χ1v) is 9.43. The fourth-order valence-electron chi connectivity index (χ4n) is 1.70. The van der Waals surface area contributed by atoms with Gasteiger partial charge in [-0.1, -0.05) is 55.0 Å². The van der Waals surface area contributed by atoms with Crippen LogP contribution in [0.3, 0.4) is 0 Å². The molecule has 0 aliphatic rings. The number of hydrogen-bond acceptors (Lipinski definition) is 5. The van der Waals surface area contributed by atoms with Crippen molar-refractivity contribution in [2.45, 2.75) is 52.4 Å². The fourth-order valence-corrected chi connectivity index (χ4v) is 1.88. The summed E-state index contributed by atoms with van der Waals surface area (Å²) >= 11 is 0. The minimum absolute atomic E-state index is 0.115. The lowest BCUT2D eigenvalue weighted by Crippen LogP contribution is -2.03. The molecule has 9 heteroatoms. The van der Waals surface area contributed by atoms with Gasteiger partial charge in [-0.2, -0.15) is 0 Å². The second-order valence-corrected chi connectivity index (χ2v) is 6.49. The van der Waals surface area contributed by atoms with E-state index in [-0.39, 0.29) is 6.42 Å². The normalized spacial score (nSPS) is 10.6. The zero-order valence-electron chi connectivity index (χ0n) is 14.4. The highest BCUT2D eigenvalue weighted by atomic mass is 31.2. The lowest BCUT2D eigenvalue weighted by Gasteiger charge is -2.03. The highest BCUT2D eigenvalue weighted by Gasteiger charge is 2.18. The molecule has 1 rings (SSSR count). The number of carboxylic acid groups (broad SMARTS) is 1. The van der Waals surface area contributed by atoms with Crippen molar-refractivity contribution >= 4 is 19.8 Å². The number of carbonyl (C=O) groups is 2. The number of hydrogen-bond donors (Lipinski definition) is 3. The monoisotopic (exact) mass is 376 g/mol. The quantitative estimate of drug-likeness (QED) is 0.258. The van der Waals surface area contributed by atoms with Gasteiger partial charge in [0.05, 0.1) is 5.56 Å². The van der Waals surface area contributed by atoms with Crippen LogP contribution < -0.4 is 0 Å². The molecular weight excluding hydrogens is 351 g/mol. The van der Waals surface area contributed by atoms with Gasteiger partial charge in [-0.05, 0) is 25.5 Å². The second-order valence-electron chi connectivity index (χ2n) is 5.36. The summed E-state index contributed by atoms with van der Waals surface area (Å²) in [6.07, 6.45) is 4.94. The summed E-state index contributed by atoms with van der Waals surface area (Å²) in [5.74, 6) is -1.63. The summed E-state index contributed by atoms with van der Waals surface area (Å²) < 4.78 is 13.7. The van der Waals surface area contributed by atoms with E-state index in [1.54, 1.807) is 24.3 Å². The van der Waals surface area contributed by atoms with Crippen LogP contribution in [-0.4, -0.2) is 26.8 Å². The summed E-state index contributed by atoms with van der Waals surface area (Å²) in [4.78, 5) is 41.5. The smallest absolute Gasteiger partial charge is 0.478 e. The van der Waals surface area contributed by atoms with E-state index in [1.165, 1.54) is 0 Å². The SMILES string of the molecule is CCCCCCCC(=O)OOP(=O)(O)O.Cc1ccc(C(=O)O)cc1. The maximum atomic E-state index is 10.8. The van der Waals surface area contributed by atoms with Crippen molar-refractivity contribution in [3.8, 4) is 0 Å². The van der Waals surface area contributed by atoms with E-state index in [0.717, 1.165) is 31.2 Å². The first-order chi connectivity index (χ1) is 11.7. The van der Waals surface area contributed by atoms with Gasteiger partial charge >= 0.3 is 19.8 Å². The molecule has 0 aromatic heterocycles. The van der Waals surface area contributed by atoms with E-state index >= 15 is 0 Å². The van der Waals surface area contributed by atoms with Crippen LogP contribution in [0, 0.1) is 6.92 Å². The van der Waals surface area contributed by atoms with Crippen molar-refractivity contribution < 1.29 is 38.6 Å². The second kappa shape index (κ2) is 12.6. The van der Waals surface area contributed by atoms with Crippen LogP contribution in [0.4, 0.5) is 0 Å². The van der Waals surface area contributed by atoms with Crippen LogP contribution in [0.5, 0.6) is 0 Å². The Hall–Kier alpha value is -1.73. The Kier molecular flexibility index (Phi) is 11.7. The molecule has 0 saturated carbocycles. The predicted molar refractivity (Wildman–Crippen MR) is 90.7 cm³/mol. The highest BCUT2D eigenvalue weighted by molar-refractivity contribution is 7.46. The Morgan fingerprint density at radius 3 is 2.08 bits per heavy atom. The van der Waals surface area contributed by atoms with Crippen molar-refractivity contribution in [3.05, 3.63) is 35.4 Å². The van der Waals surface area contributed by atoms with Gasteiger partial charge in [-0.3, -0.25) is 4.89 Å². The standard InChI is InChI=1S/C8H17O6P.C8H8O2/c1-2-3-4-5-6-7-8(9)13-14-15(10,11)12;1-6-2-4-7(5-3-6)8(9)10/h2-7H2,1H3,(H2,10,11,12);2-5H,1H3,(H,9,10). The number of carboxylic acids is 1. The molecule has 1 aromatic rings. The molecule has 0 saturated heterocycles. The first kappa shape index (κ1) is 23.3. The molecule has 0 heterocycles. The number of rotatable bonds is 9. The Bertz CT molecular complexity index is 564. The van der Waals surface area contributed by atoms with Gasteiger partial charge in [0, 0.05) is 6.42 Å². The molecule has 0 spiro atoms. The molecule has 0 aliphatic carbocycles.